The number of nitrogens with zero attached hydrogens (tertiary/aromatic N) is 2. The topological polar surface area (TPSA) is 99.8 Å². The Morgan fingerprint density at radius 3 is 2.92 bits per heavy atom. The highest BCUT2D eigenvalue weighted by molar-refractivity contribution is 6.31. The first-order valence-corrected chi connectivity index (χ1v) is 8.62. The molecule has 0 radical (unpaired) electrons. The maximum absolute atomic E-state index is 12.4. The fourth-order valence-electron chi connectivity index (χ4n) is 3.00. The highest BCUT2D eigenvalue weighted by Gasteiger charge is 2.18. The molecule has 3 aromatic rings. The molecular weight excluding hydrogens is 354 g/mol. The lowest BCUT2D eigenvalue weighted by molar-refractivity contribution is -0.116. The molecule has 0 saturated carbocycles. The van der Waals surface area contributed by atoms with E-state index in [0.717, 1.165) is 16.5 Å². The Morgan fingerprint density at radius 1 is 1.23 bits per heavy atom. The molecule has 3 heterocycles. The summed E-state index contributed by atoms with van der Waals surface area (Å²) in [5.41, 5.74) is 1.99. The number of carbonyl (C=O) groups excluding carboxylic acids is 1. The Balaban J connectivity index is 1.64. The van der Waals surface area contributed by atoms with Gasteiger partial charge in [0.1, 0.15) is 5.82 Å². The van der Waals surface area contributed by atoms with Crippen molar-refractivity contribution >= 4 is 40.2 Å². The summed E-state index contributed by atoms with van der Waals surface area (Å²) in [5, 5.41) is 7.31. The van der Waals surface area contributed by atoms with E-state index in [1.807, 2.05) is 6.92 Å². The van der Waals surface area contributed by atoms with Crippen molar-refractivity contribution in [3.63, 3.8) is 0 Å². The van der Waals surface area contributed by atoms with Gasteiger partial charge in [0.2, 0.25) is 11.9 Å². The van der Waals surface area contributed by atoms with Crippen LogP contribution in [-0.2, 0) is 11.2 Å². The number of anilines is 2. The molecule has 0 unspecified atom stereocenters. The first kappa shape index (κ1) is 16.5. The normalized spacial score (nSPS) is 14.6. The Hall–Kier alpha value is -2.93. The number of carbonyl (C=O) groups is 1. The van der Waals surface area contributed by atoms with E-state index in [4.69, 9.17) is 11.6 Å². The number of benzene rings is 1. The van der Waals surface area contributed by atoms with Crippen molar-refractivity contribution in [1.29, 1.82) is 0 Å². The number of aryl methyl sites for hydroxylation is 1. The summed E-state index contributed by atoms with van der Waals surface area (Å²) < 4.78 is 0. The van der Waals surface area contributed by atoms with Gasteiger partial charge in [0, 0.05) is 39.7 Å². The molecule has 1 aliphatic rings. The quantitative estimate of drug-likeness (QED) is 0.659. The average molecular weight is 370 g/mol. The minimum Gasteiger partial charge on any atom is -0.347 e. The molecule has 0 saturated heterocycles. The van der Waals surface area contributed by atoms with Gasteiger partial charge < -0.3 is 15.6 Å². The molecule has 0 aliphatic carbocycles. The van der Waals surface area contributed by atoms with Crippen molar-refractivity contribution in [3.05, 3.63) is 57.0 Å². The summed E-state index contributed by atoms with van der Waals surface area (Å²) in [7, 11) is 0. The van der Waals surface area contributed by atoms with E-state index in [1.165, 1.54) is 0 Å². The molecule has 0 spiro atoms. The Morgan fingerprint density at radius 2 is 2.08 bits per heavy atom. The summed E-state index contributed by atoms with van der Waals surface area (Å²) in [5.74, 6) is 0.812. The summed E-state index contributed by atoms with van der Waals surface area (Å²) in [4.78, 5) is 35.4. The number of halogens is 1. The van der Waals surface area contributed by atoms with E-state index >= 15 is 0 Å². The number of rotatable bonds is 3. The van der Waals surface area contributed by atoms with Gasteiger partial charge in [-0.3, -0.25) is 9.59 Å². The molecule has 4 rings (SSSR count). The first-order chi connectivity index (χ1) is 12.5. The van der Waals surface area contributed by atoms with Gasteiger partial charge in [-0.15, -0.1) is 0 Å². The van der Waals surface area contributed by atoms with E-state index in [1.54, 1.807) is 30.5 Å². The van der Waals surface area contributed by atoms with Crippen molar-refractivity contribution in [3.8, 4) is 0 Å². The summed E-state index contributed by atoms with van der Waals surface area (Å²) in [6.07, 6.45) is 2.76. The van der Waals surface area contributed by atoms with Crippen LogP contribution < -0.4 is 16.2 Å². The molecule has 3 N–H and O–H groups in total. The number of amides is 1. The lowest BCUT2D eigenvalue weighted by Crippen LogP contribution is -2.23. The molecular formula is C18H16ClN5O2. The smallest absolute Gasteiger partial charge is 0.253 e. The molecule has 132 valence electrons. The second-order valence-electron chi connectivity index (χ2n) is 6.27. The molecule has 8 heteroatoms. The molecule has 0 fully saturated rings. The Bertz CT molecular complexity index is 1080. The zero-order valence-corrected chi connectivity index (χ0v) is 14.7. The van der Waals surface area contributed by atoms with Crippen LogP contribution in [0.1, 0.15) is 30.5 Å². The van der Waals surface area contributed by atoms with E-state index in [9.17, 15) is 9.59 Å². The van der Waals surface area contributed by atoms with Crippen LogP contribution in [0.5, 0.6) is 0 Å². The fourth-order valence-corrected chi connectivity index (χ4v) is 3.18. The number of nitrogens with one attached hydrogen (secondary N) is 3. The minimum absolute atomic E-state index is 0.0574. The van der Waals surface area contributed by atoms with Gasteiger partial charge in [0.25, 0.3) is 5.56 Å². The number of fused-ring (bicyclic) bond motifs is 2. The van der Waals surface area contributed by atoms with Crippen molar-refractivity contribution in [2.24, 2.45) is 0 Å². The van der Waals surface area contributed by atoms with Gasteiger partial charge in [-0.25, -0.2) is 4.98 Å². The van der Waals surface area contributed by atoms with Crippen LogP contribution in [-0.4, -0.2) is 20.9 Å². The summed E-state index contributed by atoms with van der Waals surface area (Å²) >= 11 is 6.04. The highest BCUT2D eigenvalue weighted by Crippen LogP contribution is 2.23. The zero-order chi connectivity index (χ0) is 18.3. The molecule has 1 amide bonds. The van der Waals surface area contributed by atoms with Crippen LogP contribution in [0.2, 0.25) is 5.02 Å². The number of hydrogen-bond donors (Lipinski definition) is 3. The van der Waals surface area contributed by atoms with Gasteiger partial charge in [0.05, 0.1) is 6.04 Å². The second kappa shape index (κ2) is 6.42. The van der Waals surface area contributed by atoms with Crippen LogP contribution in [0.15, 0.2) is 35.3 Å². The van der Waals surface area contributed by atoms with Gasteiger partial charge in [-0.2, -0.15) is 4.98 Å². The number of H-pyrrole nitrogens is 1. The Kier molecular flexibility index (Phi) is 4.08. The van der Waals surface area contributed by atoms with Crippen LogP contribution in [0.25, 0.3) is 10.9 Å². The summed E-state index contributed by atoms with van der Waals surface area (Å²) in [6, 6.07) is 6.78. The minimum atomic E-state index is -0.334. The van der Waals surface area contributed by atoms with Crippen LogP contribution in [0, 0.1) is 0 Å². The maximum Gasteiger partial charge on any atom is 0.253 e. The first-order valence-electron chi connectivity index (χ1n) is 8.24. The predicted molar refractivity (Wildman–Crippen MR) is 101 cm³/mol. The molecule has 0 bridgehead atoms. The van der Waals surface area contributed by atoms with Gasteiger partial charge in [-0.1, -0.05) is 11.6 Å². The van der Waals surface area contributed by atoms with E-state index in [-0.39, 0.29) is 17.5 Å². The second-order valence-corrected chi connectivity index (χ2v) is 6.70. The fraction of sp³-hybridized carbons (Fsp3) is 0.222. The third-order valence-electron chi connectivity index (χ3n) is 4.39. The molecule has 7 nitrogen and oxygen atoms in total. The lowest BCUT2D eigenvalue weighted by Gasteiger charge is -2.18. The third-order valence-corrected chi connectivity index (χ3v) is 4.63. The largest absolute Gasteiger partial charge is 0.347 e. The lowest BCUT2D eigenvalue weighted by atomic mass is 10.1. The van der Waals surface area contributed by atoms with E-state index in [0.29, 0.717) is 35.2 Å². The van der Waals surface area contributed by atoms with Crippen LogP contribution in [0.4, 0.5) is 11.8 Å². The Labute approximate surface area is 153 Å². The van der Waals surface area contributed by atoms with Gasteiger partial charge in [0.15, 0.2) is 0 Å². The molecule has 1 atom stereocenters. The van der Waals surface area contributed by atoms with Gasteiger partial charge >= 0.3 is 0 Å². The molecule has 2 aromatic heterocycles. The standard InChI is InChI=1S/C18H16ClN5O2/c1-9(13-7-11-6-12(19)3-4-14(11)22-17(13)26)21-18-20-8-10-2-5-15(25)23-16(10)24-18/h3-4,6-9H,2,5H2,1H3,(H,22,26)(H2,20,21,23,24,25)/t9-/m0/s1. The average Bonchev–Trinajstić information content (AvgIpc) is 2.61. The third kappa shape index (κ3) is 3.13. The zero-order valence-electron chi connectivity index (χ0n) is 14.0. The SMILES string of the molecule is C[C@H](Nc1ncc2c(n1)NC(=O)CC2)c1cc2cc(Cl)ccc2[nH]c1=O. The maximum atomic E-state index is 12.4. The molecule has 26 heavy (non-hydrogen) atoms. The monoisotopic (exact) mass is 369 g/mol. The predicted octanol–water partition coefficient (Wildman–Crippen LogP) is 3.03. The number of aromatic amines is 1. The van der Waals surface area contributed by atoms with Crippen molar-refractivity contribution in [2.45, 2.75) is 25.8 Å². The molecule has 1 aliphatic heterocycles. The van der Waals surface area contributed by atoms with Crippen LogP contribution in [0.3, 0.4) is 0 Å². The number of hydrogen-bond acceptors (Lipinski definition) is 5. The summed E-state index contributed by atoms with van der Waals surface area (Å²) in [6.45, 7) is 1.85. The van der Waals surface area contributed by atoms with E-state index < -0.39 is 0 Å². The van der Waals surface area contributed by atoms with Crippen molar-refractivity contribution in [1.82, 2.24) is 15.0 Å². The highest BCUT2D eigenvalue weighted by atomic mass is 35.5. The van der Waals surface area contributed by atoms with Gasteiger partial charge in [-0.05, 0) is 37.6 Å². The number of pyridine rings is 1. The van der Waals surface area contributed by atoms with E-state index in [2.05, 4.69) is 25.6 Å². The van der Waals surface area contributed by atoms with Crippen molar-refractivity contribution in [2.75, 3.05) is 10.6 Å². The molecule has 1 aromatic carbocycles. The van der Waals surface area contributed by atoms with Crippen LogP contribution >= 0.6 is 11.6 Å². The number of aromatic nitrogens is 3. The van der Waals surface area contributed by atoms with Crippen molar-refractivity contribution < 1.29 is 4.79 Å².